The number of rotatable bonds is 5. The molecule has 1 aliphatic heterocycles. The molecule has 0 atom stereocenters. The maximum absolute atomic E-state index is 14.1. The van der Waals surface area contributed by atoms with Crippen LogP contribution in [0.1, 0.15) is 24.3 Å². The van der Waals surface area contributed by atoms with E-state index in [1.54, 1.807) is 18.3 Å². The first-order valence-corrected chi connectivity index (χ1v) is 11.4. The molecule has 2 N–H and O–H groups in total. The molecule has 0 amide bonds. The van der Waals surface area contributed by atoms with Crippen molar-refractivity contribution in [3.8, 4) is 11.4 Å². The monoisotopic (exact) mass is 478 g/mol. The molecule has 2 fully saturated rings. The molecule has 5 heterocycles. The van der Waals surface area contributed by atoms with Crippen molar-refractivity contribution in [3.63, 3.8) is 0 Å². The normalized spacial score (nSPS) is 16.0. The molecule has 178 valence electrons. The Kier molecular flexibility index (Phi) is 5.40. The summed E-state index contributed by atoms with van der Waals surface area (Å²) in [5, 5.41) is 7.02. The van der Waals surface area contributed by atoms with Gasteiger partial charge < -0.3 is 15.5 Å². The van der Waals surface area contributed by atoms with Crippen LogP contribution in [-0.2, 0) is 0 Å². The molecular formula is C24H21F3N8. The summed E-state index contributed by atoms with van der Waals surface area (Å²) in [6.45, 7) is 3.36. The largest absolute Gasteiger partial charge is 0.353 e. The highest BCUT2D eigenvalue weighted by Crippen LogP contribution is 2.44. The van der Waals surface area contributed by atoms with E-state index in [4.69, 9.17) is 9.97 Å². The number of halogens is 3. The van der Waals surface area contributed by atoms with E-state index in [2.05, 4.69) is 30.5 Å². The van der Waals surface area contributed by atoms with Crippen LogP contribution in [0.2, 0.25) is 0 Å². The minimum Gasteiger partial charge on any atom is -0.353 e. The number of nitrogens with one attached hydrogen (secondary N) is 2. The summed E-state index contributed by atoms with van der Waals surface area (Å²) in [6.07, 6.45) is 7.44. The van der Waals surface area contributed by atoms with Crippen LogP contribution in [0.5, 0.6) is 0 Å². The third-order valence-electron chi connectivity index (χ3n) is 6.22. The zero-order chi connectivity index (χ0) is 23.9. The van der Waals surface area contributed by atoms with Gasteiger partial charge in [0.05, 0.1) is 17.4 Å². The number of nitrogens with zero attached hydrogens (tertiary/aromatic N) is 6. The van der Waals surface area contributed by atoms with Gasteiger partial charge in [-0.2, -0.15) is 18.2 Å². The number of hydrogen-bond acceptors (Lipinski definition) is 8. The summed E-state index contributed by atoms with van der Waals surface area (Å²) in [4.78, 5) is 23.4. The van der Waals surface area contributed by atoms with E-state index in [1.165, 1.54) is 11.8 Å². The van der Waals surface area contributed by atoms with Crippen molar-refractivity contribution in [2.24, 2.45) is 0 Å². The van der Waals surface area contributed by atoms with Gasteiger partial charge in [-0.15, -0.1) is 0 Å². The van der Waals surface area contributed by atoms with E-state index < -0.39 is 23.4 Å². The Morgan fingerprint density at radius 2 is 1.83 bits per heavy atom. The van der Waals surface area contributed by atoms with Gasteiger partial charge in [0, 0.05) is 55.6 Å². The molecule has 1 saturated carbocycles. The first kappa shape index (κ1) is 21.7. The van der Waals surface area contributed by atoms with Gasteiger partial charge in [0.15, 0.2) is 5.82 Å². The van der Waals surface area contributed by atoms with E-state index >= 15 is 0 Å². The predicted octanol–water partition coefficient (Wildman–Crippen LogP) is 3.93. The molecule has 11 heteroatoms. The van der Waals surface area contributed by atoms with E-state index in [-0.39, 0.29) is 5.82 Å². The molecule has 0 radical (unpaired) electrons. The Hall–Kier alpha value is -3.86. The minimum atomic E-state index is -1.53. The number of fused-ring (bicyclic) bond motifs is 1. The van der Waals surface area contributed by atoms with Crippen molar-refractivity contribution in [2.75, 3.05) is 36.4 Å². The topological polar surface area (TPSA) is 91.8 Å². The van der Waals surface area contributed by atoms with Crippen LogP contribution in [0.15, 0.2) is 36.8 Å². The Morgan fingerprint density at radius 3 is 2.63 bits per heavy atom. The van der Waals surface area contributed by atoms with Crippen LogP contribution in [0.3, 0.4) is 0 Å². The molecule has 0 unspecified atom stereocenters. The van der Waals surface area contributed by atoms with Gasteiger partial charge in [0.2, 0.25) is 11.8 Å². The molecule has 4 aromatic rings. The second-order valence-electron chi connectivity index (χ2n) is 8.66. The fraction of sp³-hybridized carbons (Fsp3) is 0.292. The smallest absolute Gasteiger partial charge is 0.253 e. The van der Waals surface area contributed by atoms with Crippen LogP contribution < -0.4 is 15.5 Å². The molecule has 0 bridgehead atoms. The van der Waals surface area contributed by atoms with Crippen LogP contribution in [0.4, 0.5) is 30.5 Å². The standard InChI is InChI=1S/C24H21F3N8/c25-18-10-16(21(26)22(27)33-18)31-19-9-14(3-4-30-19)23-32-17-12-29-11-15(13-1-2-13)20(17)24(34-23)35-7-5-28-6-8-35/h3-4,9-13,28H,1-2,5-8H2,(H,30,31,33). The average molecular weight is 478 g/mol. The molecule has 35 heavy (non-hydrogen) atoms. The van der Waals surface area contributed by atoms with Gasteiger partial charge in [-0.1, -0.05) is 0 Å². The lowest BCUT2D eigenvalue weighted by Crippen LogP contribution is -2.44. The fourth-order valence-corrected chi connectivity index (χ4v) is 4.36. The Morgan fingerprint density at radius 1 is 1.00 bits per heavy atom. The van der Waals surface area contributed by atoms with Gasteiger partial charge >= 0.3 is 0 Å². The van der Waals surface area contributed by atoms with Crippen LogP contribution in [0.25, 0.3) is 22.3 Å². The maximum Gasteiger partial charge on any atom is 0.253 e. The van der Waals surface area contributed by atoms with Gasteiger partial charge in [-0.05, 0) is 36.5 Å². The molecule has 1 aliphatic carbocycles. The van der Waals surface area contributed by atoms with Crippen LogP contribution >= 0.6 is 0 Å². The number of hydrogen-bond donors (Lipinski definition) is 2. The number of pyridine rings is 3. The van der Waals surface area contributed by atoms with E-state index in [0.717, 1.165) is 61.8 Å². The quantitative estimate of drug-likeness (QED) is 0.417. The van der Waals surface area contributed by atoms with Crippen molar-refractivity contribution in [2.45, 2.75) is 18.8 Å². The van der Waals surface area contributed by atoms with Gasteiger partial charge in [0.25, 0.3) is 5.95 Å². The molecule has 6 rings (SSSR count). The third-order valence-corrected chi connectivity index (χ3v) is 6.22. The molecule has 1 saturated heterocycles. The van der Waals surface area contributed by atoms with Crippen molar-refractivity contribution in [1.29, 1.82) is 0 Å². The molecule has 0 spiro atoms. The highest BCUT2D eigenvalue weighted by Gasteiger charge is 2.29. The summed E-state index contributed by atoms with van der Waals surface area (Å²) < 4.78 is 41.1. The summed E-state index contributed by atoms with van der Waals surface area (Å²) in [5.74, 6) is -1.97. The maximum atomic E-state index is 14.1. The highest BCUT2D eigenvalue weighted by atomic mass is 19.2. The minimum absolute atomic E-state index is 0.184. The summed E-state index contributed by atoms with van der Waals surface area (Å²) in [7, 11) is 0. The predicted molar refractivity (Wildman–Crippen MR) is 125 cm³/mol. The summed E-state index contributed by atoms with van der Waals surface area (Å²) in [6, 6.07) is 4.11. The van der Waals surface area contributed by atoms with E-state index in [0.29, 0.717) is 17.3 Å². The number of anilines is 3. The number of piperazine rings is 1. The molecule has 8 nitrogen and oxygen atoms in total. The zero-order valence-electron chi connectivity index (χ0n) is 18.6. The van der Waals surface area contributed by atoms with Gasteiger partial charge in [0.1, 0.15) is 11.6 Å². The second kappa shape index (κ2) is 8.73. The third kappa shape index (κ3) is 4.23. The Balaban J connectivity index is 1.43. The molecule has 2 aliphatic rings. The molecule has 4 aromatic heterocycles. The Labute approximate surface area is 198 Å². The van der Waals surface area contributed by atoms with Crippen molar-refractivity contribution in [1.82, 2.24) is 30.2 Å². The summed E-state index contributed by atoms with van der Waals surface area (Å²) in [5.41, 5.74) is 2.15. The average Bonchev–Trinajstić information content (AvgIpc) is 3.72. The zero-order valence-corrected chi connectivity index (χ0v) is 18.6. The van der Waals surface area contributed by atoms with Crippen LogP contribution in [-0.4, -0.2) is 51.1 Å². The number of aromatic nitrogens is 5. The lowest BCUT2D eigenvalue weighted by molar-refractivity contribution is 0.450. The van der Waals surface area contributed by atoms with Crippen molar-refractivity contribution >= 4 is 28.2 Å². The second-order valence-corrected chi connectivity index (χ2v) is 8.66. The fourth-order valence-electron chi connectivity index (χ4n) is 4.36. The van der Waals surface area contributed by atoms with Crippen LogP contribution in [0, 0.1) is 17.7 Å². The SMILES string of the molecule is Fc1cc(Nc2cc(-c3nc(N4CCNCC4)c4c(C5CC5)cncc4n3)ccn2)c(F)c(F)n1. The first-order chi connectivity index (χ1) is 17.1. The lowest BCUT2D eigenvalue weighted by atomic mass is 10.1. The van der Waals surface area contributed by atoms with E-state index in [9.17, 15) is 13.2 Å². The van der Waals surface area contributed by atoms with Gasteiger partial charge in [-0.3, -0.25) is 4.98 Å². The summed E-state index contributed by atoms with van der Waals surface area (Å²) >= 11 is 0. The highest BCUT2D eigenvalue weighted by molar-refractivity contribution is 5.94. The van der Waals surface area contributed by atoms with Crippen molar-refractivity contribution < 1.29 is 13.2 Å². The Bertz CT molecular complexity index is 1420. The first-order valence-electron chi connectivity index (χ1n) is 11.4. The van der Waals surface area contributed by atoms with E-state index in [1.807, 2.05) is 6.20 Å². The van der Waals surface area contributed by atoms with Crippen molar-refractivity contribution in [3.05, 3.63) is 60.1 Å². The lowest BCUT2D eigenvalue weighted by Gasteiger charge is -2.30. The van der Waals surface area contributed by atoms with Gasteiger partial charge in [-0.25, -0.2) is 15.0 Å². The molecule has 0 aromatic carbocycles. The molecular weight excluding hydrogens is 457 g/mol.